The van der Waals surface area contributed by atoms with Gasteiger partial charge in [-0.05, 0) is 61.7 Å². The van der Waals surface area contributed by atoms with Crippen LogP contribution < -0.4 is 4.74 Å². The first-order valence-corrected chi connectivity index (χ1v) is 13.3. The van der Waals surface area contributed by atoms with Crippen LogP contribution in [0.25, 0.3) is 10.9 Å². The molecular weight excluding hydrogens is 474 g/mol. The smallest absolute Gasteiger partial charge is 0.223 e. The van der Waals surface area contributed by atoms with Crippen molar-refractivity contribution in [1.29, 1.82) is 0 Å². The predicted octanol–water partition coefficient (Wildman–Crippen LogP) is 5.05. The molecule has 0 unspecified atom stereocenters. The average molecular weight is 510 g/mol. The minimum atomic E-state index is -0.244. The van der Waals surface area contributed by atoms with Gasteiger partial charge in [-0.2, -0.15) is 0 Å². The fraction of sp³-hybridized carbons (Fsp3) is 0.483. The molecule has 3 heterocycles. The lowest BCUT2D eigenvalue weighted by molar-refractivity contribution is -0.139. The number of fused-ring (bicyclic) bond motifs is 1. The number of ether oxygens (including phenoxy) is 2. The highest BCUT2D eigenvalue weighted by Crippen LogP contribution is 2.37. The van der Waals surface area contributed by atoms with E-state index in [-0.39, 0.29) is 11.3 Å². The van der Waals surface area contributed by atoms with Crippen molar-refractivity contribution in [2.24, 2.45) is 12.5 Å². The maximum atomic E-state index is 13.4. The summed E-state index contributed by atoms with van der Waals surface area (Å²) in [5.74, 6) is 1.02. The molecular formula is C29H36ClN3O3. The monoisotopic (exact) mass is 509 g/mol. The summed E-state index contributed by atoms with van der Waals surface area (Å²) < 4.78 is 14.0. The summed E-state index contributed by atoms with van der Waals surface area (Å²) >= 11 is 6.23. The molecule has 0 aliphatic carbocycles. The molecule has 192 valence electrons. The fourth-order valence-electron chi connectivity index (χ4n) is 5.74. The number of amides is 1. The molecule has 0 N–H and O–H groups in total. The molecule has 2 aliphatic rings. The van der Waals surface area contributed by atoms with Gasteiger partial charge in [0, 0.05) is 67.2 Å². The van der Waals surface area contributed by atoms with Gasteiger partial charge in [-0.1, -0.05) is 29.8 Å². The summed E-state index contributed by atoms with van der Waals surface area (Å²) in [6, 6.07) is 14.4. The quantitative estimate of drug-likeness (QED) is 0.447. The Morgan fingerprint density at radius 2 is 1.94 bits per heavy atom. The molecule has 36 heavy (non-hydrogen) atoms. The summed E-state index contributed by atoms with van der Waals surface area (Å²) in [6.45, 7) is 7.80. The van der Waals surface area contributed by atoms with Crippen LogP contribution in [0.2, 0.25) is 5.02 Å². The van der Waals surface area contributed by atoms with Crippen LogP contribution in [-0.4, -0.2) is 66.3 Å². The van der Waals surface area contributed by atoms with Crippen molar-refractivity contribution < 1.29 is 14.3 Å². The molecule has 0 bridgehead atoms. The van der Waals surface area contributed by atoms with Crippen molar-refractivity contribution in [3.05, 3.63) is 64.8 Å². The molecule has 2 aromatic carbocycles. The molecule has 1 aromatic heterocycles. The number of piperidine rings is 1. The number of hydrogen-bond donors (Lipinski definition) is 0. The number of morpholine rings is 1. The number of halogens is 1. The number of nitrogens with zero attached hydrogens (tertiary/aromatic N) is 3. The van der Waals surface area contributed by atoms with Crippen molar-refractivity contribution in [3.63, 3.8) is 0 Å². The molecule has 0 saturated carbocycles. The van der Waals surface area contributed by atoms with Gasteiger partial charge in [-0.25, -0.2) is 0 Å². The van der Waals surface area contributed by atoms with E-state index in [9.17, 15) is 4.79 Å². The number of hydrogen-bond acceptors (Lipinski definition) is 4. The Kier molecular flexibility index (Phi) is 7.56. The van der Waals surface area contributed by atoms with Crippen LogP contribution in [0, 0.1) is 12.3 Å². The zero-order chi connectivity index (χ0) is 25.1. The van der Waals surface area contributed by atoms with Crippen molar-refractivity contribution in [3.8, 4) is 5.75 Å². The Labute approximate surface area is 218 Å². The Bertz CT molecular complexity index is 1220. The van der Waals surface area contributed by atoms with Gasteiger partial charge in [0.15, 0.2) is 0 Å². The number of benzene rings is 2. The SMILES string of the molecule is Cc1cc(OC[C@@]2(CC(=O)N3CCOCC3)CCCN(Cc3cn(C)c4ccccc34)C2)ccc1Cl. The topological polar surface area (TPSA) is 46.9 Å². The maximum Gasteiger partial charge on any atom is 0.223 e. The van der Waals surface area contributed by atoms with Gasteiger partial charge < -0.3 is 18.9 Å². The summed E-state index contributed by atoms with van der Waals surface area (Å²) in [6.07, 6.45) is 4.75. The van der Waals surface area contributed by atoms with Gasteiger partial charge in [-0.15, -0.1) is 0 Å². The molecule has 2 fully saturated rings. The van der Waals surface area contributed by atoms with Crippen molar-refractivity contribution in [2.45, 2.75) is 32.7 Å². The third-order valence-corrected chi connectivity index (χ3v) is 8.10. The highest BCUT2D eigenvalue weighted by atomic mass is 35.5. The van der Waals surface area contributed by atoms with E-state index in [1.54, 1.807) is 0 Å². The molecule has 5 rings (SSSR count). The van der Waals surface area contributed by atoms with E-state index in [0.717, 1.165) is 48.8 Å². The van der Waals surface area contributed by atoms with Crippen LogP contribution in [-0.2, 0) is 23.1 Å². The van der Waals surface area contributed by atoms with Gasteiger partial charge in [0.1, 0.15) is 5.75 Å². The first-order chi connectivity index (χ1) is 17.4. The summed E-state index contributed by atoms with van der Waals surface area (Å²) in [4.78, 5) is 17.9. The van der Waals surface area contributed by atoms with Crippen LogP contribution in [0.1, 0.15) is 30.4 Å². The standard InChI is InChI=1S/C29H36ClN3O3/c1-22-16-24(8-9-26(22)30)36-21-29(17-28(34)33-12-14-35-15-13-33)10-5-11-32(20-29)19-23-18-31(2)27-7-4-3-6-25(23)27/h3-4,6-9,16,18H,5,10-15,17,19-21H2,1-2H3/t29-/m1/s1. The Balaban J connectivity index is 1.36. The fourth-order valence-corrected chi connectivity index (χ4v) is 5.86. The van der Waals surface area contributed by atoms with Crippen molar-refractivity contribution in [2.75, 3.05) is 46.0 Å². The molecule has 0 spiro atoms. The number of likely N-dealkylation sites (tertiary alicyclic amines) is 1. The lowest BCUT2D eigenvalue weighted by Gasteiger charge is -2.43. The molecule has 2 saturated heterocycles. The largest absolute Gasteiger partial charge is 0.493 e. The second-order valence-electron chi connectivity index (χ2n) is 10.5. The molecule has 2 aliphatic heterocycles. The summed E-state index contributed by atoms with van der Waals surface area (Å²) in [5, 5.41) is 2.03. The van der Waals surface area contributed by atoms with E-state index in [2.05, 4.69) is 47.0 Å². The number of aryl methyl sites for hydroxylation is 2. The lowest BCUT2D eigenvalue weighted by Crippen LogP contribution is -2.50. The highest BCUT2D eigenvalue weighted by molar-refractivity contribution is 6.31. The molecule has 0 radical (unpaired) electrons. The molecule has 3 aromatic rings. The highest BCUT2D eigenvalue weighted by Gasteiger charge is 2.40. The zero-order valence-electron chi connectivity index (χ0n) is 21.3. The second-order valence-corrected chi connectivity index (χ2v) is 10.9. The minimum absolute atomic E-state index is 0.209. The van der Waals surface area contributed by atoms with E-state index in [0.29, 0.717) is 39.3 Å². The Morgan fingerprint density at radius 3 is 2.75 bits per heavy atom. The molecule has 1 amide bonds. The number of carbonyl (C=O) groups is 1. The van der Waals surface area contributed by atoms with Crippen molar-refractivity contribution >= 4 is 28.4 Å². The maximum absolute atomic E-state index is 13.4. The average Bonchev–Trinajstić information content (AvgIpc) is 3.20. The van der Waals surface area contributed by atoms with Gasteiger partial charge in [0.25, 0.3) is 0 Å². The molecule has 6 nitrogen and oxygen atoms in total. The van der Waals surface area contributed by atoms with Crippen LogP contribution >= 0.6 is 11.6 Å². The number of rotatable bonds is 7. The number of carbonyl (C=O) groups excluding carboxylic acids is 1. The lowest BCUT2D eigenvalue weighted by atomic mass is 9.77. The zero-order valence-corrected chi connectivity index (χ0v) is 22.1. The van der Waals surface area contributed by atoms with Crippen molar-refractivity contribution in [1.82, 2.24) is 14.4 Å². The summed E-state index contributed by atoms with van der Waals surface area (Å²) in [7, 11) is 2.11. The Morgan fingerprint density at radius 1 is 1.14 bits per heavy atom. The Hall–Kier alpha value is -2.54. The normalized spacial score (nSPS) is 21.1. The van der Waals surface area contributed by atoms with E-state index in [1.807, 2.05) is 30.0 Å². The van der Waals surface area contributed by atoms with E-state index in [4.69, 9.17) is 21.1 Å². The van der Waals surface area contributed by atoms with Crippen LogP contribution in [0.5, 0.6) is 5.75 Å². The van der Waals surface area contributed by atoms with E-state index >= 15 is 0 Å². The van der Waals surface area contributed by atoms with Gasteiger partial charge >= 0.3 is 0 Å². The molecule has 1 atom stereocenters. The third kappa shape index (κ3) is 5.56. The first-order valence-electron chi connectivity index (χ1n) is 12.9. The van der Waals surface area contributed by atoms with Gasteiger partial charge in [-0.3, -0.25) is 9.69 Å². The van der Waals surface area contributed by atoms with Gasteiger partial charge in [0.2, 0.25) is 5.91 Å². The molecule has 7 heteroatoms. The number of aromatic nitrogens is 1. The van der Waals surface area contributed by atoms with Gasteiger partial charge in [0.05, 0.1) is 19.8 Å². The van der Waals surface area contributed by atoms with Crippen LogP contribution in [0.3, 0.4) is 0 Å². The van der Waals surface area contributed by atoms with E-state index < -0.39 is 0 Å². The van der Waals surface area contributed by atoms with Crippen LogP contribution in [0.4, 0.5) is 0 Å². The number of para-hydroxylation sites is 1. The second kappa shape index (κ2) is 10.8. The third-order valence-electron chi connectivity index (χ3n) is 7.68. The van der Waals surface area contributed by atoms with E-state index in [1.165, 1.54) is 16.5 Å². The summed E-state index contributed by atoms with van der Waals surface area (Å²) in [5.41, 5.74) is 3.33. The van der Waals surface area contributed by atoms with Crippen LogP contribution in [0.15, 0.2) is 48.7 Å². The minimum Gasteiger partial charge on any atom is -0.493 e. The predicted molar refractivity (Wildman–Crippen MR) is 144 cm³/mol. The first kappa shape index (κ1) is 25.1.